The van der Waals surface area contributed by atoms with Gasteiger partial charge in [-0.1, -0.05) is 24.6 Å². The molecule has 23 heavy (non-hydrogen) atoms. The molecule has 2 rings (SSSR count). The highest BCUT2D eigenvalue weighted by Crippen LogP contribution is 2.31. The molecular weight excluding hydrogens is 294 g/mol. The lowest BCUT2D eigenvalue weighted by Crippen LogP contribution is -2.36. The van der Waals surface area contributed by atoms with E-state index < -0.39 is 11.9 Å². The third-order valence-corrected chi connectivity index (χ3v) is 4.44. The summed E-state index contributed by atoms with van der Waals surface area (Å²) < 4.78 is 5.60. The molecule has 0 saturated heterocycles. The minimum Gasteiger partial charge on any atom is -0.494 e. The number of benzene rings is 1. The first-order valence-electron chi connectivity index (χ1n) is 8.27. The molecule has 1 aliphatic carbocycles. The summed E-state index contributed by atoms with van der Waals surface area (Å²) in [6.45, 7) is 4.42. The maximum absolute atomic E-state index is 12.5. The van der Waals surface area contributed by atoms with Crippen LogP contribution in [0, 0.1) is 11.8 Å². The van der Waals surface area contributed by atoms with Crippen molar-refractivity contribution in [2.75, 3.05) is 6.61 Å². The first-order valence-corrected chi connectivity index (χ1v) is 8.27. The summed E-state index contributed by atoms with van der Waals surface area (Å²) in [6, 6.07) is 7.48. The van der Waals surface area contributed by atoms with Gasteiger partial charge in [0.1, 0.15) is 5.75 Å². The van der Waals surface area contributed by atoms with Gasteiger partial charge in [0.15, 0.2) is 0 Å². The van der Waals surface area contributed by atoms with Gasteiger partial charge in [-0.2, -0.15) is 0 Å². The van der Waals surface area contributed by atoms with Gasteiger partial charge in [-0.05, 0) is 39.2 Å². The SMILES string of the molecule is CCOc1ccccc1C(C)NC(=O)C1CCCC(C(=O)O)C1. The molecule has 1 aromatic carbocycles. The van der Waals surface area contributed by atoms with E-state index in [4.69, 9.17) is 9.84 Å². The Morgan fingerprint density at radius 1 is 1.30 bits per heavy atom. The molecule has 1 saturated carbocycles. The van der Waals surface area contributed by atoms with E-state index in [2.05, 4.69) is 5.32 Å². The van der Waals surface area contributed by atoms with Crippen LogP contribution in [-0.2, 0) is 9.59 Å². The number of carboxylic acid groups (broad SMARTS) is 1. The Kier molecular flexibility index (Phi) is 6.02. The molecule has 0 aliphatic heterocycles. The Hall–Kier alpha value is -2.04. The van der Waals surface area contributed by atoms with Crippen molar-refractivity contribution in [3.05, 3.63) is 29.8 Å². The number of carbonyl (C=O) groups excluding carboxylic acids is 1. The summed E-state index contributed by atoms with van der Waals surface area (Å²) in [7, 11) is 0. The molecule has 0 radical (unpaired) electrons. The molecule has 0 bridgehead atoms. The van der Waals surface area contributed by atoms with Crippen LogP contribution < -0.4 is 10.1 Å². The van der Waals surface area contributed by atoms with Gasteiger partial charge in [0, 0.05) is 11.5 Å². The summed E-state index contributed by atoms with van der Waals surface area (Å²) in [6.07, 6.45) is 2.65. The number of ether oxygens (including phenoxy) is 1. The smallest absolute Gasteiger partial charge is 0.306 e. The van der Waals surface area contributed by atoms with Gasteiger partial charge in [0.05, 0.1) is 18.6 Å². The minimum atomic E-state index is -0.794. The van der Waals surface area contributed by atoms with E-state index >= 15 is 0 Å². The van der Waals surface area contributed by atoms with Crippen LogP contribution in [0.3, 0.4) is 0 Å². The molecule has 2 N–H and O–H groups in total. The highest BCUT2D eigenvalue weighted by molar-refractivity contribution is 5.80. The van der Waals surface area contributed by atoms with E-state index in [1.807, 2.05) is 38.1 Å². The largest absolute Gasteiger partial charge is 0.494 e. The van der Waals surface area contributed by atoms with Crippen molar-refractivity contribution < 1.29 is 19.4 Å². The van der Waals surface area contributed by atoms with Gasteiger partial charge in [0.2, 0.25) is 5.91 Å². The fourth-order valence-electron chi connectivity index (χ4n) is 3.19. The third kappa shape index (κ3) is 4.47. The topological polar surface area (TPSA) is 75.6 Å². The zero-order valence-electron chi connectivity index (χ0n) is 13.7. The fourth-order valence-corrected chi connectivity index (χ4v) is 3.19. The minimum absolute atomic E-state index is 0.0604. The number of nitrogens with one attached hydrogen (secondary N) is 1. The highest BCUT2D eigenvalue weighted by atomic mass is 16.5. The standard InChI is InChI=1S/C18H25NO4/c1-3-23-16-10-5-4-9-15(16)12(2)19-17(20)13-7-6-8-14(11-13)18(21)22/h4-5,9-10,12-14H,3,6-8,11H2,1-2H3,(H,19,20)(H,21,22). The lowest BCUT2D eigenvalue weighted by Gasteiger charge is -2.27. The molecule has 126 valence electrons. The third-order valence-electron chi connectivity index (χ3n) is 4.44. The van der Waals surface area contributed by atoms with Gasteiger partial charge in [-0.15, -0.1) is 0 Å². The Morgan fingerprint density at radius 3 is 2.70 bits per heavy atom. The van der Waals surface area contributed by atoms with Crippen molar-refractivity contribution in [3.8, 4) is 5.75 Å². The zero-order valence-corrected chi connectivity index (χ0v) is 13.7. The van der Waals surface area contributed by atoms with Crippen molar-refractivity contribution >= 4 is 11.9 Å². The van der Waals surface area contributed by atoms with Crippen LogP contribution in [0.15, 0.2) is 24.3 Å². The first-order chi connectivity index (χ1) is 11.0. The van der Waals surface area contributed by atoms with E-state index in [9.17, 15) is 9.59 Å². The number of hydrogen-bond donors (Lipinski definition) is 2. The molecule has 3 atom stereocenters. The number of rotatable bonds is 6. The molecule has 0 heterocycles. The summed E-state index contributed by atoms with van der Waals surface area (Å²) in [5.74, 6) is -0.695. The van der Waals surface area contributed by atoms with Crippen molar-refractivity contribution in [1.82, 2.24) is 5.32 Å². The summed E-state index contributed by atoms with van der Waals surface area (Å²) in [5, 5.41) is 12.2. The lowest BCUT2D eigenvalue weighted by molar-refractivity contribution is -0.144. The second kappa shape index (κ2) is 7.99. The first kappa shape index (κ1) is 17.3. The van der Waals surface area contributed by atoms with E-state index in [0.717, 1.165) is 24.2 Å². The van der Waals surface area contributed by atoms with E-state index in [0.29, 0.717) is 19.4 Å². The molecule has 1 amide bonds. The molecule has 0 aromatic heterocycles. The molecule has 1 aromatic rings. The molecule has 3 unspecified atom stereocenters. The summed E-state index contributed by atoms with van der Waals surface area (Å²) in [5.41, 5.74) is 0.938. The predicted octanol–water partition coefficient (Wildman–Crippen LogP) is 3.15. The Morgan fingerprint density at radius 2 is 2.00 bits per heavy atom. The van der Waals surface area contributed by atoms with Crippen molar-refractivity contribution in [2.24, 2.45) is 11.8 Å². The number of carbonyl (C=O) groups is 2. The van der Waals surface area contributed by atoms with Gasteiger partial charge in [0.25, 0.3) is 0 Å². The maximum Gasteiger partial charge on any atom is 0.306 e. The van der Waals surface area contributed by atoms with Crippen LogP contribution in [-0.4, -0.2) is 23.6 Å². The fraction of sp³-hybridized carbons (Fsp3) is 0.556. The second-order valence-electron chi connectivity index (χ2n) is 6.10. The van der Waals surface area contributed by atoms with E-state index in [-0.39, 0.29) is 17.9 Å². The van der Waals surface area contributed by atoms with E-state index in [1.54, 1.807) is 0 Å². The van der Waals surface area contributed by atoms with Gasteiger partial charge in [-0.3, -0.25) is 9.59 Å². The van der Waals surface area contributed by atoms with Crippen LogP contribution in [0.1, 0.15) is 51.1 Å². The highest BCUT2D eigenvalue weighted by Gasteiger charge is 2.31. The molecular formula is C18H25NO4. The number of para-hydroxylation sites is 1. The Balaban J connectivity index is 2.01. The molecule has 1 aliphatic rings. The number of carboxylic acids is 1. The van der Waals surface area contributed by atoms with Gasteiger partial charge in [-0.25, -0.2) is 0 Å². The summed E-state index contributed by atoms with van der Waals surface area (Å²) in [4.78, 5) is 23.6. The van der Waals surface area contributed by atoms with Crippen LogP contribution >= 0.6 is 0 Å². The van der Waals surface area contributed by atoms with Crippen LogP contribution in [0.25, 0.3) is 0 Å². The Bertz CT molecular complexity index is 558. The van der Waals surface area contributed by atoms with Crippen LogP contribution in [0.4, 0.5) is 0 Å². The number of hydrogen-bond acceptors (Lipinski definition) is 3. The van der Waals surface area contributed by atoms with Crippen LogP contribution in [0.2, 0.25) is 0 Å². The average Bonchev–Trinajstić information content (AvgIpc) is 2.55. The van der Waals surface area contributed by atoms with Crippen molar-refractivity contribution in [1.29, 1.82) is 0 Å². The predicted molar refractivity (Wildman–Crippen MR) is 87.3 cm³/mol. The quantitative estimate of drug-likeness (QED) is 0.844. The molecule has 5 nitrogen and oxygen atoms in total. The van der Waals surface area contributed by atoms with Crippen LogP contribution in [0.5, 0.6) is 5.75 Å². The van der Waals surface area contributed by atoms with Crippen molar-refractivity contribution in [2.45, 2.75) is 45.6 Å². The summed E-state index contributed by atoms with van der Waals surface area (Å²) >= 11 is 0. The molecule has 1 fully saturated rings. The molecule has 0 spiro atoms. The average molecular weight is 319 g/mol. The Labute approximate surface area is 137 Å². The normalized spacial score (nSPS) is 22.2. The lowest BCUT2D eigenvalue weighted by atomic mass is 9.81. The molecule has 5 heteroatoms. The second-order valence-corrected chi connectivity index (χ2v) is 6.10. The monoisotopic (exact) mass is 319 g/mol. The van der Waals surface area contributed by atoms with Gasteiger partial charge >= 0.3 is 5.97 Å². The zero-order chi connectivity index (χ0) is 16.8. The van der Waals surface area contributed by atoms with E-state index in [1.165, 1.54) is 0 Å². The van der Waals surface area contributed by atoms with Crippen molar-refractivity contribution in [3.63, 3.8) is 0 Å². The maximum atomic E-state index is 12.5. The van der Waals surface area contributed by atoms with Gasteiger partial charge < -0.3 is 15.2 Å². The number of aliphatic carboxylic acids is 1. The number of amides is 1.